The molecule has 2 rings (SSSR count). The van der Waals surface area contributed by atoms with Gasteiger partial charge in [-0.25, -0.2) is 0 Å². The first kappa shape index (κ1) is 10.9. The van der Waals surface area contributed by atoms with E-state index in [9.17, 15) is 0 Å². The van der Waals surface area contributed by atoms with Crippen molar-refractivity contribution in [2.45, 2.75) is 6.61 Å². The summed E-state index contributed by atoms with van der Waals surface area (Å²) < 4.78 is 5.60. The van der Waals surface area contributed by atoms with Crippen LogP contribution >= 0.6 is 11.6 Å². The molecule has 0 fully saturated rings. The number of aromatic nitrogens is 1. The van der Waals surface area contributed by atoms with Crippen molar-refractivity contribution in [3.05, 3.63) is 53.3 Å². The Hall–Kier alpha value is -1.58. The fourth-order valence-electron chi connectivity index (χ4n) is 1.28. The molecule has 0 bridgehead atoms. The highest BCUT2D eigenvalue weighted by Crippen LogP contribution is 2.30. The van der Waals surface area contributed by atoms with Gasteiger partial charge in [0.15, 0.2) is 0 Å². The number of ether oxygens (including phenoxy) is 1. The molecule has 4 heteroatoms. The second-order valence-electron chi connectivity index (χ2n) is 3.17. The predicted octanol–water partition coefficient (Wildman–Crippen LogP) is 3.02. The smallest absolute Gasteiger partial charge is 0.146 e. The number of pyridine rings is 1. The normalized spacial score (nSPS) is 10.1. The van der Waals surface area contributed by atoms with Crippen molar-refractivity contribution in [3.8, 4) is 11.5 Å². The Morgan fingerprint density at radius 3 is 2.75 bits per heavy atom. The highest BCUT2D eigenvalue weighted by Gasteiger charge is 2.06. The van der Waals surface area contributed by atoms with E-state index in [-0.39, 0.29) is 6.61 Å². The number of nitrogens with zero attached hydrogens (tertiary/aromatic N) is 1. The summed E-state index contributed by atoms with van der Waals surface area (Å²) in [6, 6.07) is 8.87. The first-order chi connectivity index (χ1) is 7.81. The number of hydrogen-bond acceptors (Lipinski definition) is 3. The van der Waals surface area contributed by atoms with Gasteiger partial charge in [0, 0.05) is 18.0 Å². The van der Waals surface area contributed by atoms with E-state index < -0.39 is 0 Å². The molecule has 0 spiro atoms. The molecule has 16 heavy (non-hydrogen) atoms. The molecular formula is C12H10ClNO2. The van der Waals surface area contributed by atoms with Gasteiger partial charge in [0.1, 0.15) is 11.5 Å². The van der Waals surface area contributed by atoms with Crippen LogP contribution < -0.4 is 4.74 Å². The van der Waals surface area contributed by atoms with Gasteiger partial charge in [-0.2, -0.15) is 0 Å². The Balaban J connectivity index is 2.30. The fourth-order valence-corrected chi connectivity index (χ4v) is 1.45. The molecule has 3 nitrogen and oxygen atoms in total. The Bertz CT molecular complexity index is 488. The van der Waals surface area contributed by atoms with Crippen molar-refractivity contribution in [2.75, 3.05) is 0 Å². The van der Waals surface area contributed by atoms with E-state index in [0.717, 1.165) is 0 Å². The first-order valence-corrected chi connectivity index (χ1v) is 5.15. The van der Waals surface area contributed by atoms with E-state index >= 15 is 0 Å². The number of hydrogen-bond donors (Lipinski definition) is 1. The van der Waals surface area contributed by atoms with Crippen molar-refractivity contribution in [2.24, 2.45) is 0 Å². The lowest BCUT2D eigenvalue weighted by Crippen LogP contribution is -1.92. The molecule has 0 saturated heterocycles. The standard InChI is InChI=1S/C12H10ClNO2/c13-10-3-1-2-4-12(10)16-11-5-6-14-7-9(11)8-15/h1-7,15H,8H2. The maximum absolute atomic E-state index is 9.11. The van der Waals surface area contributed by atoms with Crippen LogP contribution in [-0.2, 0) is 6.61 Å². The summed E-state index contributed by atoms with van der Waals surface area (Å²) in [7, 11) is 0. The van der Waals surface area contributed by atoms with Gasteiger partial charge >= 0.3 is 0 Å². The van der Waals surface area contributed by atoms with E-state index in [1.165, 1.54) is 0 Å². The Morgan fingerprint density at radius 1 is 1.19 bits per heavy atom. The van der Waals surface area contributed by atoms with Crippen molar-refractivity contribution in [1.29, 1.82) is 0 Å². The summed E-state index contributed by atoms with van der Waals surface area (Å²) >= 11 is 5.97. The molecular weight excluding hydrogens is 226 g/mol. The van der Waals surface area contributed by atoms with E-state index in [4.69, 9.17) is 21.4 Å². The molecule has 82 valence electrons. The molecule has 0 saturated carbocycles. The Labute approximate surface area is 98.3 Å². The second kappa shape index (κ2) is 4.96. The predicted molar refractivity (Wildman–Crippen MR) is 61.7 cm³/mol. The van der Waals surface area contributed by atoms with Crippen molar-refractivity contribution < 1.29 is 9.84 Å². The molecule has 0 unspecified atom stereocenters. The number of aliphatic hydroxyl groups is 1. The van der Waals surface area contributed by atoms with Crippen molar-refractivity contribution in [1.82, 2.24) is 4.98 Å². The van der Waals surface area contributed by atoms with Crippen molar-refractivity contribution in [3.63, 3.8) is 0 Å². The zero-order chi connectivity index (χ0) is 11.4. The third-order valence-electron chi connectivity index (χ3n) is 2.09. The number of para-hydroxylation sites is 1. The monoisotopic (exact) mass is 235 g/mol. The number of halogens is 1. The minimum absolute atomic E-state index is 0.117. The van der Waals surface area contributed by atoms with Crippen LogP contribution in [0.15, 0.2) is 42.7 Å². The molecule has 1 heterocycles. The minimum Gasteiger partial charge on any atom is -0.455 e. The lowest BCUT2D eigenvalue weighted by atomic mass is 10.2. The quantitative estimate of drug-likeness (QED) is 0.889. The van der Waals surface area contributed by atoms with Crippen molar-refractivity contribution >= 4 is 11.6 Å². The average Bonchev–Trinajstić information content (AvgIpc) is 2.33. The Kier molecular flexibility index (Phi) is 3.39. The fraction of sp³-hybridized carbons (Fsp3) is 0.0833. The molecule has 0 radical (unpaired) electrons. The summed E-state index contributed by atoms with van der Waals surface area (Å²) in [6.07, 6.45) is 3.16. The Morgan fingerprint density at radius 2 is 2.00 bits per heavy atom. The van der Waals surface area contributed by atoms with Crippen LogP contribution in [0.4, 0.5) is 0 Å². The summed E-state index contributed by atoms with van der Waals surface area (Å²) in [5, 5.41) is 9.64. The molecule has 0 atom stereocenters. The van der Waals surface area contributed by atoms with Crippen LogP contribution in [0.5, 0.6) is 11.5 Å². The van der Waals surface area contributed by atoms with Gasteiger partial charge in [0.2, 0.25) is 0 Å². The summed E-state index contributed by atoms with van der Waals surface area (Å²) in [5.41, 5.74) is 0.627. The van der Waals surface area contributed by atoms with Crippen LogP contribution in [0, 0.1) is 0 Å². The van der Waals surface area contributed by atoms with Gasteiger partial charge < -0.3 is 9.84 Å². The maximum Gasteiger partial charge on any atom is 0.146 e. The van der Waals surface area contributed by atoms with E-state index in [1.807, 2.05) is 12.1 Å². The van der Waals surface area contributed by atoms with Gasteiger partial charge in [0.05, 0.1) is 11.6 Å². The highest BCUT2D eigenvalue weighted by atomic mass is 35.5. The average molecular weight is 236 g/mol. The van der Waals surface area contributed by atoms with E-state index in [1.54, 1.807) is 30.6 Å². The van der Waals surface area contributed by atoms with E-state index in [2.05, 4.69) is 4.98 Å². The first-order valence-electron chi connectivity index (χ1n) is 4.77. The summed E-state index contributed by atoms with van der Waals surface area (Å²) in [4.78, 5) is 3.91. The lowest BCUT2D eigenvalue weighted by molar-refractivity contribution is 0.276. The molecule has 1 N–H and O–H groups in total. The largest absolute Gasteiger partial charge is 0.455 e. The van der Waals surface area contributed by atoms with E-state index in [0.29, 0.717) is 22.1 Å². The third kappa shape index (κ3) is 2.32. The van der Waals surface area contributed by atoms with Crippen LogP contribution in [0.2, 0.25) is 5.02 Å². The second-order valence-corrected chi connectivity index (χ2v) is 3.58. The SMILES string of the molecule is OCc1cnccc1Oc1ccccc1Cl. The molecule has 1 aromatic heterocycles. The number of aliphatic hydroxyl groups excluding tert-OH is 1. The van der Waals surface area contributed by atoms with Crippen LogP contribution in [-0.4, -0.2) is 10.1 Å². The lowest BCUT2D eigenvalue weighted by Gasteiger charge is -2.09. The molecule has 0 amide bonds. The van der Waals surface area contributed by atoms with Gasteiger partial charge in [0.25, 0.3) is 0 Å². The number of benzene rings is 1. The highest BCUT2D eigenvalue weighted by molar-refractivity contribution is 6.32. The molecule has 0 aliphatic heterocycles. The number of rotatable bonds is 3. The van der Waals surface area contributed by atoms with Gasteiger partial charge in [-0.3, -0.25) is 4.98 Å². The topological polar surface area (TPSA) is 42.4 Å². The third-order valence-corrected chi connectivity index (χ3v) is 2.40. The van der Waals surface area contributed by atoms with Gasteiger partial charge in [-0.1, -0.05) is 23.7 Å². The zero-order valence-electron chi connectivity index (χ0n) is 8.43. The van der Waals surface area contributed by atoms with Crippen LogP contribution in [0.3, 0.4) is 0 Å². The van der Waals surface area contributed by atoms with Crippen LogP contribution in [0.25, 0.3) is 0 Å². The molecule has 2 aromatic rings. The summed E-state index contributed by atoms with van der Waals surface area (Å²) in [6.45, 7) is -0.117. The molecule has 0 aliphatic rings. The van der Waals surface area contributed by atoms with Gasteiger partial charge in [-0.05, 0) is 18.2 Å². The van der Waals surface area contributed by atoms with Gasteiger partial charge in [-0.15, -0.1) is 0 Å². The zero-order valence-corrected chi connectivity index (χ0v) is 9.19. The molecule has 1 aromatic carbocycles. The molecule has 0 aliphatic carbocycles. The van der Waals surface area contributed by atoms with Crippen LogP contribution in [0.1, 0.15) is 5.56 Å². The summed E-state index contributed by atoms with van der Waals surface area (Å²) in [5.74, 6) is 1.12. The minimum atomic E-state index is -0.117. The maximum atomic E-state index is 9.11.